The number of morpholine rings is 1. The summed E-state index contributed by atoms with van der Waals surface area (Å²) >= 11 is 0. The molecular formula is C8H16N2O2. The first-order valence-electron chi connectivity index (χ1n) is 4.27. The minimum atomic E-state index is -0.326. The first-order valence-corrected chi connectivity index (χ1v) is 4.27. The topological polar surface area (TPSA) is 64.3 Å². The maximum atomic E-state index is 10.9. The van der Waals surface area contributed by atoms with Gasteiger partial charge in [0, 0.05) is 6.54 Å². The number of hydrogen-bond acceptors (Lipinski definition) is 3. The Bertz CT molecular complexity index is 170. The van der Waals surface area contributed by atoms with Gasteiger partial charge in [0.15, 0.2) is 0 Å². The summed E-state index contributed by atoms with van der Waals surface area (Å²) in [5, 5.41) is 3.05. The van der Waals surface area contributed by atoms with Crippen LogP contribution in [0.25, 0.3) is 0 Å². The van der Waals surface area contributed by atoms with Gasteiger partial charge in [-0.25, -0.2) is 0 Å². The number of carbonyl (C=O) groups is 1. The van der Waals surface area contributed by atoms with Crippen molar-refractivity contribution in [1.82, 2.24) is 5.32 Å². The van der Waals surface area contributed by atoms with Crippen molar-refractivity contribution in [3.05, 3.63) is 0 Å². The van der Waals surface area contributed by atoms with Crippen LogP contribution in [-0.2, 0) is 9.53 Å². The van der Waals surface area contributed by atoms with Crippen molar-refractivity contribution in [2.45, 2.75) is 26.0 Å². The Kier molecular flexibility index (Phi) is 3.05. The maximum Gasteiger partial charge on any atom is 0.237 e. The first kappa shape index (κ1) is 9.48. The van der Waals surface area contributed by atoms with Crippen LogP contribution in [0.2, 0.25) is 0 Å². The second-order valence-corrected chi connectivity index (χ2v) is 3.41. The minimum Gasteiger partial charge on any atom is -0.374 e. The quantitative estimate of drug-likeness (QED) is 0.589. The number of amides is 1. The van der Waals surface area contributed by atoms with Crippen molar-refractivity contribution in [2.75, 3.05) is 13.2 Å². The van der Waals surface area contributed by atoms with Gasteiger partial charge in [0.2, 0.25) is 5.91 Å². The number of nitrogens with two attached hydrogens (primary N) is 1. The van der Waals surface area contributed by atoms with E-state index in [1.54, 1.807) is 0 Å². The highest BCUT2D eigenvalue weighted by atomic mass is 16.5. The molecule has 1 amide bonds. The average molecular weight is 172 g/mol. The molecule has 1 rings (SSSR count). The van der Waals surface area contributed by atoms with Gasteiger partial charge in [-0.05, 0) is 5.92 Å². The fourth-order valence-electron chi connectivity index (χ4n) is 1.46. The summed E-state index contributed by atoms with van der Waals surface area (Å²) in [6.07, 6.45) is -0.0729. The van der Waals surface area contributed by atoms with Crippen LogP contribution >= 0.6 is 0 Å². The Labute approximate surface area is 72.5 Å². The molecule has 1 aliphatic heterocycles. The van der Waals surface area contributed by atoms with Crippen molar-refractivity contribution < 1.29 is 9.53 Å². The average Bonchev–Trinajstić information content (AvgIpc) is 2.04. The third kappa shape index (κ3) is 1.95. The fraction of sp³-hybridized carbons (Fsp3) is 0.875. The highest BCUT2D eigenvalue weighted by molar-refractivity contribution is 5.80. The van der Waals surface area contributed by atoms with E-state index in [4.69, 9.17) is 10.5 Å². The van der Waals surface area contributed by atoms with E-state index in [2.05, 4.69) is 5.32 Å². The molecule has 0 radical (unpaired) electrons. The van der Waals surface area contributed by atoms with Crippen LogP contribution in [0.15, 0.2) is 0 Å². The first-order chi connectivity index (χ1) is 5.63. The number of carbonyl (C=O) groups excluding carboxylic acids is 1. The lowest BCUT2D eigenvalue weighted by Crippen LogP contribution is -2.56. The number of rotatable bonds is 2. The summed E-state index contributed by atoms with van der Waals surface area (Å²) < 4.78 is 5.45. The lowest BCUT2D eigenvalue weighted by Gasteiger charge is -2.33. The van der Waals surface area contributed by atoms with Crippen LogP contribution in [0.5, 0.6) is 0 Å². The van der Waals surface area contributed by atoms with Crippen LogP contribution in [0.3, 0.4) is 0 Å². The van der Waals surface area contributed by atoms with E-state index < -0.39 is 0 Å². The van der Waals surface area contributed by atoms with E-state index >= 15 is 0 Å². The van der Waals surface area contributed by atoms with Gasteiger partial charge in [0.25, 0.3) is 0 Å². The normalized spacial score (nSPS) is 30.6. The molecule has 4 heteroatoms. The molecule has 12 heavy (non-hydrogen) atoms. The van der Waals surface area contributed by atoms with Gasteiger partial charge in [0.1, 0.15) is 6.04 Å². The predicted molar refractivity (Wildman–Crippen MR) is 45.6 cm³/mol. The number of nitrogens with one attached hydrogen (secondary N) is 1. The van der Waals surface area contributed by atoms with Gasteiger partial charge < -0.3 is 15.8 Å². The zero-order chi connectivity index (χ0) is 9.14. The third-order valence-electron chi connectivity index (χ3n) is 2.07. The van der Waals surface area contributed by atoms with E-state index in [0.717, 1.165) is 0 Å². The molecule has 1 fully saturated rings. The summed E-state index contributed by atoms with van der Waals surface area (Å²) in [6, 6.07) is -0.321. The molecule has 2 unspecified atom stereocenters. The van der Waals surface area contributed by atoms with Crippen molar-refractivity contribution in [1.29, 1.82) is 0 Å². The van der Waals surface area contributed by atoms with Gasteiger partial charge in [0.05, 0.1) is 12.7 Å². The standard InChI is InChI=1S/C8H16N2O2/c1-5(2)7-6(8(9)11)10-3-4-12-7/h5-7,10H,3-4H2,1-2H3,(H2,9,11). The third-order valence-corrected chi connectivity index (χ3v) is 2.07. The van der Waals surface area contributed by atoms with Gasteiger partial charge in [-0.2, -0.15) is 0 Å². The zero-order valence-corrected chi connectivity index (χ0v) is 7.54. The van der Waals surface area contributed by atoms with Crippen molar-refractivity contribution in [3.8, 4) is 0 Å². The molecule has 0 spiro atoms. The number of primary amides is 1. The van der Waals surface area contributed by atoms with Crippen LogP contribution in [0.1, 0.15) is 13.8 Å². The lowest BCUT2D eigenvalue weighted by molar-refractivity contribution is -0.128. The summed E-state index contributed by atoms with van der Waals surface area (Å²) in [5.41, 5.74) is 5.21. The molecule has 0 bridgehead atoms. The Morgan fingerprint density at radius 2 is 2.33 bits per heavy atom. The molecule has 4 nitrogen and oxygen atoms in total. The van der Waals surface area contributed by atoms with Gasteiger partial charge in [-0.3, -0.25) is 4.79 Å². The molecule has 2 atom stereocenters. The van der Waals surface area contributed by atoms with E-state index in [0.29, 0.717) is 19.1 Å². The van der Waals surface area contributed by atoms with Crippen LogP contribution in [0.4, 0.5) is 0 Å². The molecule has 0 aromatic carbocycles. The monoisotopic (exact) mass is 172 g/mol. The van der Waals surface area contributed by atoms with E-state index in [1.807, 2.05) is 13.8 Å². The molecule has 0 aliphatic carbocycles. The molecule has 3 N–H and O–H groups in total. The van der Waals surface area contributed by atoms with Crippen molar-refractivity contribution in [2.24, 2.45) is 11.7 Å². The Morgan fingerprint density at radius 3 is 2.75 bits per heavy atom. The highest BCUT2D eigenvalue weighted by Crippen LogP contribution is 2.13. The van der Waals surface area contributed by atoms with Gasteiger partial charge in [-0.15, -0.1) is 0 Å². The van der Waals surface area contributed by atoms with Gasteiger partial charge in [-0.1, -0.05) is 13.8 Å². The summed E-state index contributed by atoms with van der Waals surface area (Å²) in [5.74, 6) is -0.0105. The summed E-state index contributed by atoms with van der Waals surface area (Å²) in [6.45, 7) is 5.41. The Balaban J connectivity index is 2.60. The van der Waals surface area contributed by atoms with Crippen molar-refractivity contribution >= 4 is 5.91 Å². The molecule has 1 aliphatic rings. The summed E-state index contributed by atoms with van der Waals surface area (Å²) in [7, 11) is 0. The van der Waals surface area contributed by atoms with E-state index in [1.165, 1.54) is 0 Å². The predicted octanol–water partition coefficient (Wildman–Crippen LogP) is -0.515. The van der Waals surface area contributed by atoms with Crippen molar-refractivity contribution in [3.63, 3.8) is 0 Å². The lowest BCUT2D eigenvalue weighted by atomic mass is 9.98. The van der Waals surface area contributed by atoms with E-state index in [-0.39, 0.29) is 18.1 Å². The molecular weight excluding hydrogens is 156 g/mol. The Morgan fingerprint density at radius 1 is 1.67 bits per heavy atom. The second-order valence-electron chi connectivity index (χ2n) is 3.41. The second kappa shape index (κ2) is 3.87. The summed E-state index contributed by atoms with van der Waals surface area (Å²) in [4.78, 5) is 10.9. The maximum absolute atomic E-state index is 10.9. The largest absolute Gasteiger partial charge is 0.374 e. The minimum absolute atomic E-state index is 0.0729. The SMILES string of the molecule is CC(C)C1OCCNC1C(N)=O. The molecule has 70 valence electrons. The smallest absolute Gasteiger partial charge is 0.237 e. The van der Waals surface area contributed by atoms with Crippen LogP contribution in [-0.4, -0.2) is 31.2 Å². The van der Waals surface area contributed by atoms with Gasteiger partial charge >= 0.3 is 0 Å². The van der Waals surface area contributed by atoms with Crippen LogP contribution in [0, 0.1) is 5.92 Å². The number of ether oxygens (including phenoxy) is 1. The Hall–Kier alpha value is -0.610. The molecule has 0 aromatic heterocycles. The zero-order valence-electron chi connectivity index (χ0n) is 7.54. The molecule has 0 aromatic rings. The molecule has 0 saturated carbocycles. The fourth-order valence-corrected chi connectivity index (χ4v) is 1.46. The highest BCUT2D eigenvalue weighted by Gasteiger charge is 2.31. The van der Waals surface area contributed by atoms with Crippen LogP contribution < -0.4 is 11.1 Å². The number of hydrogen-bond donors (Lipinski definition) is 2. The molecule has 1 heterocycles. The van der Waals surface area contributed by atoms with E-state index in [9.17, 15) is 4.79 Å². The molecule has 1 saturated heterocycles.